The van der Waals surface area contributed by atoms with Gasteiger partial charge in [0.2, 0.25) is 23.8 Å². The number of aromatic hydroxyl groups is 3. The minimum absolute atomic E-state index is 0.0353. The van der Waals surface area contributed by atoms with Gasteiger partial charge in [0.1, 0.15) is 77.4 Å². The fraction of sp³-hybridized carbons (Fsp3) is 0.450. The van der Waals surface area contributed by atoms with Crippen molar-refractivity contribution in [1.82, 2.24) is 0 Å². The Morgan fingerprint density at radius 3 is 2.00 bits per heavy atom. The number of phenolic OH excluding ortho intramolecular Hbond substituents is 3. The summed E-state index contributed by atoms with van der Waals surface area (Å²) < 4.78 is 45.8. The second-order valence-corrected chi connectivity index (χ2v) is 14.8. The molecule has 4 heterocycles. The zero-order valence-electron chi connectivity index (χ0n) is 32.3. The Hall–Kier alpha value is -5.18. The molecule has 0 bridgehead atoms. The van der Waals surface area contributed by atoms with Gasteiger partial charge in [-0.3, -0.25) is 4.79 Å². The minimum Gasteiger partial charge on any atom is -0.507 e. The smallest absolute Gasteiger partial charge is 0.338 e. The number of aliphatic hydroxyl groups excluding tert-OH is 9. The third-order valence-electron chi connectivity index (χ3n) is 10.6. The number of rotatable bonds is 11. The molecule has 3 saturated heterocycles. The van der Waals surface area contributed by atoms with Crippen molar-refractivity contribution < 1.29 is 104 Å². The van der Waals surface area contributed by atoms with E-state index in [-0.39, 0.29) is 16.9 Å². The lowest BCUT2D eigenvalue weighted by atomic mass is 9.97. The van der Waals surface area contributed by atoms with Gasteiger partial charge in [0, 0.05) is 17.7 Å². The predicted octanol–water partition coefficient (Wildman–Crippen LogP) is -2.35. The SMILES string of the molecule is CC1O[C@@H](Oc2cc(O)c3c(=O)c(O[C@@H]4OC(CO)[C@@H](O)[C@H](O)C4O[C@@H]4OC(CO)[C@@H](O)C(OC(=O)c5ccccc5)C4O)c(-c4ccc(O)c(O)c4)oc3c2)C(O)[C@@H](O)[C@H]1O. The lowest BCUT2D eigenvalue weighted by Gasteiger charge is -2.46. The summed E-state index contributed by atoms with van der Waals surface area (Å²) >= 11 is 0. The maximum atomic E-state index is 14.4. The first-order valence-corrected chi connectivity index (χ1v) is 19.1. The first-order valence-electron chi connectivity index (χ1n) is 19.1. The van der Waals surface area contributed by atoms with Crippen molar-refractivity contribution in [3.63, 3.8) is 0 Å². The number of hydrogen-bond donors (Lipinski definition) is 12. The zero-order valence-corrected chi connectivity index (χ0v) is 32.3. The number of carbonyl (C=O) groups is 1. The van der Waals surface area contributed by atoms with E-state index in [0.717, 1.165) is 24.3 Å². The normalized spacial score (nSPS) is 33.8. The third kappa shape index (κ3) is 8.61. The number of benzene rings is 3. The van der Waals surface area contributed by atoms with E-state index >= 15 is 0 Å². The van der Waals surface area contributed by atoms with E-state index in [1.165, 1.54) is 37.3 Å². The lowest BCUT2D eigenvalue weighted by Crippen LogP contribution is -2.65. The maximum absolute atomic E-state index is 14.4. The maximum Gasteiger partial charge on any atom is 0.338 e. The summed E-state index contributed by atoms with van der Waals surface area (Å²) in [6, 6.07) is 12.7. The predicted molar refractivity (Wildman–Crippen MR) is 203 cm³/mol. The van der Waals surface area contributed by atoms with Crippen molar-refractivity contribution in [1.29, 1.82) is 0 Å². The van der Waals surface area contributed by atoms with E-state index in [1.54, 1.807) is 6.07 Å². The second-order valence-electron chi connectivity index (χ2n) is 14.8. The van der Waals surface area contributed by atoms with Gasteiger partial charge in [-0.15, -0.1) is 0 Å². The van der Waals surface area contributed by atoms with Crippen LogP contribution in [0.2, 0.25) is 0 Å². The fourth-order valence-corrected chi connectivity index (χ4v) is 7.17. The molecule has 62 heavy (non-hydrogen) atoms. The van der Waals surface area contributed by atoms with Crippen LogP contribution in [-0.2, 0) is 23.7 Å². The Balaban J connectivity index is 1.26. The Kier molecular flexibility index (Phi) is 13.2. The second kappa shape index (κ2) is 18.3. The first-order chi connectivity index (χ1) is 29.5. The van der Waals surface area contributed by atoms with E-state index in [2.05, 4.69) is 0 Å². The third-order valence-corrected chi connectivity index (χ3v) is 10.6. The highest BCUT2D eigenvalue weighted by Gasteiger charge is 2.53. The first kappa shape index (κ1) is 44.9. The van der Waals surface area contributed by atoms with Crippen LogP contribution in [0.15, 0.2) is 69.9 Å². The summed E-state index contributed by atoms with van der Waals surface area (Å²) in [5.74, 6) is -4.72. The summed E-state index contributed by atoms with van der Waals surface area (Å²) in [6.45, 7) is -0.433. The van der Waals surface area contributed by atoms with Gasteiger partial charge >= 0.3 is 5.97 Å². The largest absolute Gasteiger partial charge is 0.507 e. The summed E-state index contributed by atoms with van der Waals surface area (Å²) in [5.41, 5.74) is -1.69. The van der Waals surface area contributed by atoms with E-state index in [4.69, 9.17) is 37.6 Å². The Morgan fingerprint density at radius 2 is 1.32 bits per heavy atom. The van der Waals surface area contributed by atoms with Crippen molar-refractivity contribution in [3.05, 3.63) is 76.5 Å². The number of carbonyl (C=O) groups excluding carboxylic acids is 1. The van der Waals surface area contributed by atoms with Crippen LogP contribution >= 0.6 is 0 Å². The van der Waals surface area contributed by atoms with Gasteiger partial charge in [-0.1, -0.05) is 18.2 Å². The monoisotopic (exact) mass is 876 g/mol. The molecule has 3 aromatic carbocycles. The molecule has 0 amide bonds. The summed E-state index contributed by atoms with van der Waals surface area (Å²) in [4.78, 5) is 27.4. The van der Waals surface area contributed by atoms with E-state index in [9.17, 15) is 70.9 Å². The van der Waals surface area contributed by atoms with Gasteiger partial charge in [-0.25, -0.2) is 4.79 Å². The van der Waals surface area contributed by atoms with Crippen molar-refractivity contribution in [2.75, 3.05) is 13.2 Å². The molecule has 12 N–H and O–H groups in total. The molecule has 3 aliphatic rings. The average Bonchev–Trinajstić information content (AvgIpc) is 3.25. The van der Waals surface area contributed by atoms with Crippen LogP contribution in [-0.4, -0.2) is 173 Å². The quantitative estimate of drug-likeness (QED) is 0.0554. The van der Waals surface area contributed by atoms with E-state index in [1.807, 2.05) is 0 Å². The van der Waals surface area contributed by atoms with Crippen LogP contribution in [0.5, 0.6) is 28.7 Å². The molecule has 22 nitrogen and oxygen atoms in total. The Bertz CT molecular complexity index is 2270. The highest BCUT2D eigenvalue weighted by Crippen LogP contribution is 2.41. The van der Waals surface area contributed by atoms with E-state index < -0.39 is 156 Å². The van der Waals surface area contributed by atoms with Crippen molar-refractivity contribution in [2.45, 2.75) is 99.0 Å². The standard InChI is InChI=1S/C40H44O22/c1-14-25(46)29(50)31(52)38(55-14)56-17-10-20(45)24-21(11-17)57-33(16-7-8-18(43)19(44)9-16)35(28(24)49)61-40-36(30(51)26(47)22(12-41)59-40)62-39-32(53)34(27(48)23(13-42)58-39)60-37(54)15-5-3-2-4-6-15/h2-11,14,22-23,25-27,29-32,34,36,38-48,50-53H,12-13H2,1H3/t14?,22?,23?,25-,26+,27+,29-,30-,31?,32?,34?,36?,38-,39-,40-/m0/s1. The molecule has 0 aliphatic carbocycles. The fourth-order valence-electron chi connectivity index (χ4n) is 7.17. The van der Waals surface area contributed by atoms with Gasteiger partial charge < -0.3 is 98.9 Å². The minimum atomic E-state index is -2.09. The molecular formula is C40H44O22. The lowest BCUT2D eigenvalue weighted by molar-refractivity contribution is -0.357. The van der Waals surface area contributed by atoms with Gasteiger partial charge in [0.15, 0.2) is 35.8 Å². The van der Waals surface area contributed by atoms with Crippen LogP contribution < -0.4 is 14.9 Å². The molecular weight excluding hydrogens is 832 g/mol. The Labute approximate surface area is 349 Å². The summed E-state index contributed by atoms with van der Waals surface area (Å²) in [7, 11) is 0. The number of hydrogen-bond acceptors (Lipinski definition) is 22. The number of aliphatic hydroxyl groups is 9. The molecule has 4 aromatic rings. The van der Waals surface area contributed by atoms with Crippen LogP contribution in [0.1, 0.15) is 17.3 Å². The zero-order chi connectivity index (χ0) is 44.7. The van der Waals surface area contributed by atoms with Crippen molar-refractivity contribution >= 4 is 16.9 Å². The molecule has 15 atom stereocenters. The molecule has 3 fully saturated rings. The highest BCUT2D eigenvalue weighted by atomic mass is 16.8. The highest BCUT2D eigenvalue weighted by molar-refractivity contribution is 5.90. The van der Waals surface area contributed by atoms with Crippen LogP contribution in [0, 0.1) is 0 Å². The molecule has 0 radical (unpaired) electrons. The molecule has 7 unspecified atom stereocenters. The molecule has 22 heteroatoms. The van der Waals surface area contributed by atoms with Crippen LogP contribution in [0.25, 0.3) is 22.3 Å². The van der Waals surface area contributed by atoms with Gasteiger partial charge in [-0.2, -0.15) is 0 Å². The number of ether oxygens (including phenoxy) is 7. The topological polar surface area (TPSA) is 355 Å². The van der Waals surface area contributed by atoms with E-state index in [0.29, 0.717) is 0 Å². The van der Waals surface area contributed by atoms with Crippen LogP contribution in [0.3, 0.4) is 0 Å². The van der Waals surface area contributed by atoms with Crippen molar-refractivity contribution in [2.24, 2.45) is 0 Å². The number of phenols is 3. The van der Waals surface area contributed by atoms with Gasteiger partial charge in [0.25, 0.3) is 0 Å². The molecule has 336 valence electrons. The Morgan fingerprint density at radius 1 is 0.645 bits per heavy atom. The average molecular weight is 877 g/mol. The van der Waals surface area contributed by atoms with Crippen molar-refractivity contribution in [3.8, 4) is 40.1 Å². The molecule has 0 spiro atoms. The van der Waals surface area contributed by atoms with Crippen LogP contribution in [0.4, 0.5) is 0 Å². The summed E-state index contributed by atoms with van der Waals surface area (Å²) in [5, 5.41) is 127. The number of esters is 1. The van der Waals surface area contributed by atoms with Gasteiger partial charge in [0.05, 0.1) is 24.9 Å². The molecule has 1 aromatic heterocycles. The van der Waals surface area contributed by atoms with Gasteiger partial charge in [-0.05, 0) is 37.3 Å². The number of fused-ring (bicyclic) bond motifs is 1. The molecule has 3 aliphatic heterocycles. The summed E-state index contributed by atoms with van der Waals surface area (Å²) in [6.07, 6.45) is -26.5. The molecule has 7 rings (SSSR count). The molecule has 0 saturated carbocycles.